The third-order valence-corrected chi connectivity index (χ3v) is 8.67. The van der Waals surface area contributed by atoms with E-state index >= 15 is 0 Å². The van der Waals surface area contributed by atoms with Crippen molar-refractivity contribution in [2.75, 3.05) is 0 Å². The third kappa shape index (κ3) is 5.27. The molecule has 3 aromatic carbocycles. The molecule has 0 radical (unpaired) electrons. The van der Waals surface area contributed by atoms with Gasteiger partial charge in [0, 0.05) is 35.6 Å². The van der Waals surface area contributed by atoms with Crippen molar-refractivity contribution >= 4 is 6.20 Å². The first-order chi connectivity index (χ1) is 20.0. The van der Waals surface area contributed by atoms with Crippen molar-refractivity contribution in [3.05, 3.63) is 139 Å². The zero-order valence-electron chi connectivity index (χ0n) is 24.5. The van der Waals surface area contributed by atoms with E-state index in [4.69, 9.17) is 0 Å². The Morgan fingerprint density at radius 1 is 0.756 bits per heavy atom. The molecule has 0 amide bonds. The average Bonchev–Trinajstić information content (AvgIpc) is 3.01. The number of aryl methyl sites for hydroxylation is 1. The molecular formula is C39H40N2+2. The summed E-state index contributed by atoms with van der Waals surface area (Å²) in [6.45, 7) is 12.2. The maximum atomic E-state index is 4.09. The summed E-state index contributed by atoms with van der Waals surface area (Å²) < 4.78 is 4.65. The fourth-order valence-electron chi connectivity index (χ4n) is 6.78. The van der Waals surface area contributed by atoms with Crippen LogP contribution in [0, 0.1) is 5.92 Å². The Balaban J connectivity index is 1.40. The van der Waals surface area contributed by atoms with Gasteiger partial charge >= 0.3 is 0 Å². The standard InChI is InChI=1S/C39H40N2/c1-5-40-24-12-11-19-38(40)37-26-32(30-14-7-6-8-15-30)21-20-31(37)22-23-33-29(4)39-36(35-17-10-9-16-34(33)35)18-13-25-41(39)27-28(2)3/h5-21,24-26,28-29,33H,1,22-23,27H2,2-4H3/q+2. The molecule has 2 atom stereocenters. The van der Waals surface area contributed by atoms with Crippen LogP contribution in [-0.4, -0.2) is 0 Å². The lowest BCUT2D eigenvalue weighted by atomic mass is 9.72. The number of pyridine rings is 2. The first kappa shape index (κ1) is 26.9. The van der Waals surface area contributed by atoms with Crippen LogP contribution in [0.1, 0.15) is 55.8 Å². The van der Waals surface area contributed by atoms with Gasteiger partial charge in [-0.05, 0) is 71.4 Å². The molecule has 0 fully saturated rings. The second-order valence-electron chi connectivity index (χ2n) is 11.8. The number of hydrogen-bond acceptors (Lipinski definition) is 0. The van der Waals surface area contributed by atoms with E-state index in [9.17, 15) is 0 Å². The van der Waals surface area contributed by atoms with Crippen LogP contribution in [0.2, 0.25) is 0 Å². The lowest BCUT2D eigenvalue weighted by Crippen LogP contribution is -2.43. The van der Waals surface area contributed by atoms with Gasteiger partial charge < -0.3 is 0 Å². The summed E-state index contributed by atoms with van der Waals surface area (Å²) in [6, 6.07) is 37.7. The highest BCUT2D eigenvalue weighted by Gasteiger charge is 2.37. The summed E-state index contributed by atoms with van der Waals surface area (Å²) in [6.07, 6.45) is 8.37. The van der Waals surface area contributed by atoms with Gasteiger partial charge in [-0.2, -0.15) is 4.57 Å². The van der Waals surface area contributed by atoms with Gasteiger partial charge in [-0.25, -0.2) is 4.57 Å². The summed E-state index contributed by atoms with van der Waals surface area (Å²) in [5.41, 5.74) is 12.1. The van der Waals surface area contributed by atoms with Gasteiger partial charge in [0.1, 0.15) is 0 Å². The Labute approximate surface area is 245 Å². The molecule has 0 N–H and O–H groups in total. The quantitative estimate of drug-likeness (QED) is 0.175. The van der Waals surface area contributed by atoms with Crippen LogP contribution in [0.5, 0.6) is 0 Å². The minimum Gasteiger partial charge on any atom is -0.201 e. The Bertz CT molecular complexity index is 1680. The molecule has 6 rings (SSSR count). The van der Waals surface area contributed by atoms with Gasteiger partial charge in [-0.15, -0.1) is 0 Å². The molecule has 1 aliphatic carbocycles. The smallest absolute Gasteiger partial charge is 0.201 e. The Morgan fingerprint density at radius 2 is 1.51 bits per heavy atom. The van der Waals surface area contributed by atoms with E-state index in [-0.39, 0.29) is 0 Å². The van der Waals surface area contributed by atoms with Crippen molar-refractivity contribution in [2.24, 2.45) is 5.92 Å². The van der Waals surface area contributed by atoms with Gasteiger partial charge in [-0.3, -0.25) is 0 Å². The molecule has 204 valence electrons. The zero-order valence-corrected chi connectivity index (χ0v) is 24.5. The Kier molecular flexibility index (Phi) is 7.65. The van der Waals surface area contributed by atoms with E-state index < -0.39 is 0 Å². The molecule has 0 saturated heterocycles. The minimum absolute atomic E-state index is 0.432. The van der Waals surface area contributed by atoms with Crippen LogP contribution in [0.3, 0.4) is 0 Å². The molecule has 0 saturated carbocycles. The second-order valence-corrected chi connectivity index (χ2v) is 11.8. The van der Waals surface area contributed by atoms with Crippen LogP contribution >= 0.6 is 0 Å². The zero-order chi connectivity index (χ0) is 28.3. The number of nitrogens with zero attached hydrogens (tertiary/aromatic N) is 2. The topological polar surface area (TPSA) is 7.76 Å². The third-order valence-electron chi connectivity index (χ3n) is 8.67. The molecular weight excluding hydrogens is 496 g/mol. The van der Waals surface area contributed by atoms with Gasteiger partial charge in [0.25, 0.3) is 0 Å². The molecule has 2 unspecified atom stereocenters. The van der Waals surface area contributed by atoms with Crippen LogP contribution in [0.4, 0.5) is 0 Å². The normalized spacial score (nSPS) is 15.8. The predicted octanol–water partition coefficient (Wildman–Crippen LogP) is 8.85. The molecule has 2 heterocycles. The van der Waals surface area contributed by atoms with E-state index in [1.807, 2.05) is 6.20 Å². The van der Waals surface area contributed by atoms with Crippen LogP contribution in [0.25, 0.3) is 39.7 Å². The van der Waals surface area contributed by atoms with E-state index in [1.54, 1.807) is 0 Å². The lowest BCUT2D eigenvalue weighted by Gasteiger charge is -2.32. The first-order valence-electron chi connectivity index (χ1n) is 15.0. The van der Waals surface area contributed by atoms with Gasteiger partial charge in [0.15, 0.2) is 30.8 Å². The second kappa shape index (κ2) is 11.7. The SMILES string of the molecule is C=C[n+]1ccccc1-c1cc(-c2ccccc2)ccc1CCC1c2ccccc2-c2ccc[n+](CC(C)C)c2C1C. The van der Waals surface area contributed by atoms with Crippen molar-refractivity contribution in [3.63, 3.8) is 0 Å². The monoisotopic (exact) mass is 536 g/mol. The Hall–Kier alpha value is -4.30. The summed E-state index contributed by atoms with van der Waals surface area (Å²) in [5.74, 6) is 1.48. The molecule has 0 bridgehead atoms. The predicted molar refractivity (Wildman–Crippen MR) is 170 cm³/mol. The highest BCUT2D eigenvalue weighted by Crippen LogP contribution is 2.47. The van der Waals surface area contributed by atoms with Crippen molar-refractivity contribution < 1.29 is 9.13 Å². The van der Waals surface area contributed by atoms with Crippen molar-refractivity contribution in [2.45, 2.75) is 52.0 Å². The fourth-order valence-corrected chi connectivity index (χ4v) is 6.78. The van der Waals surface area contributed by atoms with E-state index in [2.05, 4.69) is 152 Å². The molecule has 1 aliphatic rings. The summed E-state index contributed by atoms with van der Waals surface area (Å²) >= 11 is 0. The number of rotatable bonds is 8. The maximum absolute atomic E-state index is 4.09. The average molecular weight is 537 g/mol. The first-order valence-corrected chi connectivity index (χ1v) is 15.0. The van der Waals surface area contributed by atoms with Crippen LogP contribution in [-0.2, 0) is 13.0 Å². The lowest BCUT2D eigenvalue weighted by molar-refractivity contribution is -0.710. The van der Waals surface area contributed by atoms with Crippen LogP contribution in [0.15, 0.2) is 122 Å². The molecule has 0 spiro atoms. The van der Waals surface area contributed by atoms with Crippen molar-refractivity contribution in [3.8, 4) is 33.5 Å². The van der Waals surface area contributed by atoms with Crippen molar-refractivity contribution in [1.29, 1.82) is 0 Å². The number of aromatic nitrogens is 2. The number of hydrogen-bond donors (Lipinski definition) is 0. The van der Waals surface area contributed by atoms with E-state index in [0.717, 1.165) is 19.4 Å². The highest BCUT2D eigenvalue weighted by atomic mass is 15.0. The fraction of sp³-hybridized carbons (Fsp3) is 0.231. The molecule has 2 aromatic heterocycles. The minimum atomic E-state index is 0.432. The van der Waals surface area contributed by atoms with E-state index in [1.165, 1.54) is 50.3 Å². The number of fused-ring (bicyclic) bond motifs is 3. The summed E-state index contributed by atoms with van der Waals surface area (Å²) in [7, 11) is 0. The summed E-state index contributed by atoms with van der Waals surface area (Å²) in [4.78, 5) is 0. The molecule has 2 nitrogen and oxygen atoms in total. The van der Waals surface area contributed by atoms with Gasteiger partial charge in [-0.1, -0.05) is 87.5 Å². The molecule has 2 heteroatoms. The molecule has 0 aliphatic heterocycles. The van der Waals surface area contributed by atoms with Crippen LogP contribution < -0.4 is 9.13 Å². The highest BCUT2D eigenvalue weighted by molar-refractivity contribution is 5.74. The Morgan fingerprint density at radius 3 is 2.32 bits per heavy atom. The molecule has 5 aromatic rings. The maximum Gasteiger partial charge on any atom is 0.218 e. The molecule has 41 heavy (non-hydrogen) atoms. The van der Waals surface area contributed by atoms with Crippen molar-refractivity contribution in [1.82, 2.24) is 0 Å². The summed E-state index contributed by atoms with van der Waals surface area (Å²) in [5, 5.41) is 0. The largest absolute Gasteiger partial charge is 0.218 e. The van der Waals surface area contributed by atoms with Gasteiger partial charge in [0.2, 0.25) is 5.69 Å². The number of benzene rings is 3. The van der Waals surface area contributed by atoms with E-state index in [0.29, 0.717) is 17.8 Å². The van der Waals surface area contributed by atoms with Gasteiger partial charge in [0.05, 0.1) is 5.56 Å².